The van der Waals surface area contributed by atoms with Crippen LogP contribution in [0.1, 0.15) is 12.8 Å². The minimum atomic E-state index is -0.423. The zero-order chi connectivity index (χ0) is 13.2. The summed E-state index contributed by atoms with van der Waals surface area (Å²) in [7, 11) is 0. The van der Waals surface area contributed by atoms with Gasteiger partial charge < -0.3 is 19.5 Å². The average Bonchev–Trinajstić information content (AvgIpc) is 2.86. The highest BCUT2D eigenvalue weighted by molar-refractivity contribution is 5.69. The van der Waals surface area contributed by atoms with Crippen LogP contribution in [0.2, 0.25) is 0 Å². The molecule has 0 spiro atoms. The summed E-state index contributed by atoms with van der Waals surface area (Å²) >= 11 is 0. The van der Waals surface area contributed by atoms with E-state index in [0.717, 1.165) is 19.4 Å². The Morgan fingerprint density at radius 3 is 2.79 bits per heavy atom. The highest BCUT2D eigenvalue weighted by atomic mass is 16.7. The molecule has 0 radical (unpaired) electrons. The van der Waals surface area contributed by atoms with Crippen LogP contribution in [0.5, 0.6) is 11.5 Å². The first-order chi connectivity index (χ1) is 9.24. The van der Waals surface area contributed by atoms with Gasteiger partial charge in [0.15, 0.2) is 11.5 Å². The van der Waals surface area contributed by atoms with E-state index >= 15 is 0 Å². The molecule has 0 amide bonds. The van der Waals surface area contributed by atoms with Crippen molar-refractivity contribution in [2.24, 2.45) is 0 Å². The Morgan fingerprint density at radius 2 is 2.11 bits per heavy atom. The number of ether oxygens (including phenoxy) is 3. The molecule has 2 aliphatic rings. The summed E-state index contributed by atoms with van der Waals surface area (Å²) in [5, 5.41) is 14.3. The van der Waals surface area contributed by atoms with E-state index in [9.17, 15) is 10.1 Å². The lowest BCUT2D eigenvalue weighted by Gasteiger charge is -2.24. The molecule has 3 rings (SSSR count). The maximum atomic E-state index is 11.1. The van der Waals surface area contributed by atoms with Gasteiger partial charge in [-0.1, -0.05) is 0 Å². The number of hydrogen-bond acceptors (Lipinski definition) is 6. The Bertz CT molecular complexity index is 499. The van der Waals surface area contributed by atoms with E-state index in [2.05, 4.69) is 5.32 Å². The van der Waals surface area contributed by atoms with Crippen molar-refractivity contribution < 1.29 is 19.1 Å². The lowest BCUT2D eigenvalue weighted by Crippen LogP contribution is -2.30. The highest BCUT2D eigenvalue weighted by Gasteiger charge is 2.25. The van der Waals surface area contributed by atoms with Crippen LogP contribution in [0.4, 0.5) is 11.4 Å². The summed E-state index contributed by atoms with van der Waals surface area (Å²) in [5.41, 5.74) is 0.444. The summed E-state index contributed by atoms with van der Waals surface area (Å²) in [6, 6.07) is 3.11. The normalized spacial score (nSPS) is 21.2. The third-order valence-electron chi connectivity index (χ3n) is 3.21. The Balaban J connectivity index is 1.87. The molecular weight excluding hydrogens is 252 g/mol. The van der Waals surface area contributed by atoms with E-state index in [1.165, 1.54) is 6.07 Å². The molecule has 2 aliphatic heterocycles. The third-order valence-corrected chi connectivity index (χ3v) is 3.21. The first-order valence-electron chi connectivity index (χ1n) is 6.16. The van der Waals surface area contributed by atoms with Gasteiger partial charge in [0.2, 0.25) is 6.79 Å². The number of hydrogen-bond donors (Lipinski definition) is 1. The Kier molecular flexibility index (Phi) is 3.12. The van der Waals surface area contributed by atoms with Gasteiger partial charge in [0.25, 0.3) is 5.69 Å². The van der Waals surface area contributed by atoms with Crippen LogP contribution in [0.25, 0.3) is 0 Å². The van der Waals surface area contributed by atoms with Gasteiger partial charge in [-0.3, -0.25) is 10.1 Å². The average molecular weight is 266 g/mol. The zero-order valence-electron chi connectivity index (χ0n) is 10.3. The van der Waals surface area contributed by atoms with Crippen molar-refractivity contribution in [3.63, 3.8) is 0 Å². The molecule has 1 N–H and O–H groups in total. The number of nitrogens with one attached hydrogen (secondary N) is 1. The molecule has 1 aromatic rings. The second-order valence-electron chi connectivity index (χ2n) is 4.54. The van der Waals surface area contributed by atoms with E-state index in [4.69, 9.17) is 14.2 Å². The Labute approximate surface area is 109 Å². The molecular formula is C12H14N2O5. The van der Waals surface area contributed by atoms with Crippen molar-refractivity contribution in [2.75, 3.05) is 25.3 Å². The minimum Gasteiger partial charge on any atom is -0.454 e. The molecule has 0 aliphatic carbocycles. The monoisotopic (exact) mass is 266 g/mol. The van der Waals surface area contributed by atoms with Crippen LogP contribution >= 0.6 is 0 Å². The maximum absolute atomic E-state index is 11.1. The summed E-state index contributed by atoms with van der Waals surface area (Å²) in [6.45, 7) is 1.41. The first kappa shape index (κ1) is 12.0. The zero-order valence-corrected chi connectivity index (χ0v) is 10.3. The van der Waals surface area contributed by atoms with Gasteiger partial charge in [-0.15, -0.1) is 0 Å². The molecule has 1 atom stereocenters. The quantitative estimate of drug-likeness (QED) is 0.664. The van der Waals surface area contributed by atoms with E-state index < -0.39 is 4.92 Å². The van der Waals surface area contributed by atoms with E-state index in [-0.39, 0.29) is 18.5 Å². The van der Waals surface area contributed by atoms with Gasteiger partial charge in [-0.05, 0) is 12.8 Å². The fraction of sp³-hybridized carbons (Fsp3) is 0.500. The maximum Gasteiger partial charge on any atom is 0.296 e. The molecule has 0 aromatic heterocycles. The minimum absolute atomic E-state index is 0.00479. The van der Waals surface area contributed by atoms with Gasteiger partial charge >= 0.3 is 0 Å². The Hall–Kier alpha value is -2.02. The summed E-state index contributed by atoms with van der Waals surface area (Å²) in [5.74, 6) is 0.946. The molecule has 0 saturated carbocycles. The van der Waals surface area contributed by atoms with Crippen molar-refractivity contribution in [2.45, 2.75) is 18.9 Å². The molecule has 7 nitrogen and oxygen atoms in total. The molecule has 1 aromatic carbocycles. The number of benzene rings is 1. The standard InChI is InChI=1S/C12H14N2O5/c15-14(16)10-5-12-11(18-7-19-12)4-9(10)13-8-2-1-3-17-6-8/h4-5,8,13H,1-3,6-7H2. The van der Waals surface area contributed by atoms with Crippen molar-refractivity contribution in [1.29, 1.82) is 0 Å². The number of nitro groups is 1. The van der Waals surface area contributed by atoms with Crippen LogP contribution in [-0.2, 0) is 4.74 Å². The topological polar surface area (TPSA) is 82.9 Å². The van der Waals surface area contributed by atoms with Crippen molar-refractivity contribution in [1.82, 2.24) is 0 Å². The van der Waals surface area contributed by atoms with Crippen molar-refractivity contribution >= 4 is 11.4 Å². The summed E-state index contributed by atoms with van der Waals surface area (Å²) in [6.07, 6.45) is 1.89. The SMILES string of the molecule is O=[N+]([O-])c1cc2c(cc1NC1CCCOC1)OCO2. The number of rotatable bonds is 3. The molecule has 2 heterocycles. The van der Waals surface area contributed by atoms with Gasteiger partial charge in [0, 0.05) is 18.7 Å². The third kappa shape index (κ3) is 2.41. The van der Waals surface area contributed by atoms with Gasteiger partial charge in [0.1, 0.15) is 5.69 Å². The van der Waals surface area contributed by atoms with Gasteiger partial charge in [0.05, 0.1) is 17.6 Å². The van der Waals surface area contributed by atoms with Crippen LogP contribution < -0.4 is 14.8 Å². The fourth-order valence-corrected chi connectivity index (χ4v) is 2.27. The number of nitro benzene ring substituents is 1. The lowest BCUT2D eigenvalue weighted by atomic mass is 10.1. The fourth-order valence-electron chi connectivity index (χ4n) is 2.27. The van der Waals surface area contributed by atoms with E-state index in [0.29, 0.717) is 23.8 Å². The van der Waals surface area contributed by atoms with Crippen molar-refractivity contribution in [3.05, 3.63) is 22.2 Å². The second-order valence-corrected chi connectivity index (χ2v) is 4.54. The second kappa shape index (κ2) is 4.93. The summed E-state index contributed by atoms with van der Waals surface area (Å²) in [4.78, 5) is 10.7. The first-order valence-corrected chi connectivity index (χ1v) is 6.16. The molecule has 19 heavy (non-hydrogen) atoms. The Morgan fingerprint density at radius 1 is 1.32 bits per heavy atom. The number of fused-ring (bicyclic) bond motifs is 1. The number of nitrogens with zero attached hydrogens (tertiary/aromatic N) is 1. The van der Waals surface area contributed by atoms with Gasteiger partial charge in [-0.25, -0.2) is 0 Å². The smallest absolute Gasteiger partial charge is 0.296 e. The predicted molar refractivity (Wildman–Crippen MR) is 66.7 cm³/mol. The molecule has 1 saturated heterocycles. The van der Waals surface area contributed by atoms with Crippen molar-refractivity contribution in [3.8, 4) is 11.5 Å². The largest absolute Gasteiger partial charge is 0.454 e. The van der Waals surface area contributed by atoms with Gasteiger partial charge in [-0.2, -0.15) is 0 Å². The van der Waals surface area contributed by atoms with E-state index in [1.807, 2.05) is 0 Å². The van der Waals surface area contributed by atoms with E-state index in [1.54, 1.807) is 6.07 Å². The van der Waals surface area contributed by atoms with Crippen LogP contribution in [0.15, 0.2) is 12.1 Å². The molecule has 1 fully saturated rings. The van der Waals surface area contributed by atoms with Crippen LogP contribution in [-0.4, -0.2) is 31.0 Å². The number of anilines is 1. The predicted octanol–water partition coefficient (Wildman–Crippen LogP) is 1.91. The summed E-state index contributed by atoms with van der Waals surface area (Å²) < 4.78 is 15.8. The highest BCUT2D eigenvalue weighted by Crippen LogP contribution is 2.40. The lowest BCUT2D eigenvalue weighted by molar-refractivity contribution is -0.384. The molecule has 0 bridgehead atoms. The molecule has 7 heteroatoms. The molecule has 102 valence electrons. The molecule has 1 unspecified atom stereocenters. The van der Waals surface area contributed by atoms with Crippen LogP contribution in [0, 0.1) is 10.1 Å². The van der Waals surface area contributed by atoms with Crippen LogP contribution in [0.3, 0.4) is 0 Å².